The fourth-order valence-electron chi connectivity index (χ4n) is 1.77. The minimum atomic E-state index is -0.501. The van der Waals surface area contributed by atoms with Crippen molar-refractivity contribution in [1.29, 1.82) is 0 Å². The van der Waals surface area contributed by atoms with E-state index in [0.29, 0.717) is 16.5 Å². The molecule has 0 saturated carbocycles. The van der Waals surface area contributed by atoms with Gasteiger partial charge in [-0.25, -0.2) is 4.39 Å². The number of aromatic nitrogens is 1. The van der Waals surface area contributed by atoms with Crippen molar-refractivity contribution in [3.05, 3.63) is 35.1 Å². The van der Waals surface area contributed by atoms with E-state index in [1.807, 2.05) is 0 Å². The maximum absolute atomic E-state index is 13.8. The number of pyridine rings is 1. The van der Waals surface area contributed by atoms with Crippen LogP contribution in [0.2, 0.25) is 5.02 Å². The number of rotatable bonds is 2. The van der Waals surface area contributed by atoms with Crippen molar-refractivity contribution in [3.8, 4) is 17.0 Å². The van der Waals surface area contributed by atoms with Crippen LogP contribution in [0.4, 0.5) is 15.9 Å². The molecule has 0 spiro atoms. The zero-order chi connectivity index (χ0) is 14.2. The van der Waals surface area contributed by atoms with Crippen LogP contribution in [0.5, 0.6) is 5.88 Å². The van der Waals surface area contributed by atoms with E-state index in [1.54, 1.807) is 19.0 Å². The van der Waals surface area contributed by atoms with Crippen LogP contribution in [0.3, 0.4) is 0 Å². The van der Waals surface area contributed by atoms with E-state index in [0.717, 1.165) is 0 Å². The first kappa shape index (κ1) is 13.4. The van der Waals surface area contributed by atoms with Gasteiger partial charge in [-0.05, 0) is 24.3 Å². The second kappa shape index (κ2) is 4.93. The van der Waals surface area contributed by atoms with E-state index >= 15 is 0 Å². The molecule has 3 N–H and O–H groups in total. The highest BCUT2D eigenvalue weighted by atomic mass is 35.5. The summed E-state index contributed by atoms with van der Waals surface area (Å²) < 4.78 is 13.8. The molecule has 0 unspecified atom stereocenters. The third kappa shape index (κ3) is 2.56. The Hall–Kier alpha value is -2.01. The van der Waals surface area contributed by atoms with Gasteiger partial charge in [0.25, 0.3) is 0 Å². The quantitative estimate of drug-likeness (QED) is 0.888. The van der Waals surface area contributed by atoms with Gasteiger partial charge in [0, 0.05) is 30.2 Å². The number of nitrogens with zero attached hydrogens (tertiary/aromatic N) is 2. The maximum Gasteiger partial charge on any atom is 0.221 e. The number of aromatic hydroxyl groups is 1. The molecular weight excluding hydrogens is 269 g/mol. The number of benzene rings is 1. The van der Waals surface area contributed by atoms with E-state index in [2.05, 4.69) is 4.98 Å². The number of nitrogen functional groups attached to an aromatic ring is 1. The Labute approximate surface area is 115 Å². The Balaban J connectivity index is 2.63. The Morgan fingerprint density at radius 1 is 1.26 bits per heavy atom. The number of halogens is 2. The number of anilines is 2. The van der Waals surface area contributed by atoms with Gasteiger partial charge in [-0.15, -0.1) is 0 Å². The lowest BCUT2D eigenvalue weighted by Crippen LogP contribution is -2.13. The predicted octanol–water partition coefficient (Wildman–Crippen LogP) is 2.89. The molecule has 0 atom stereocenters. The zero-order valence-electron chi connectivity index (χ0n) is 10.5. The summed E-state index contributed by atoms with van der Waals surface area (Å²) >= 11 is 5.83. The fourth-order valence-corrected chi connectivity index (χ4v) is 1.94. The van der Waals surface area contributed by atoms with E-state index in [1.165, 1.54) is 24.3 Å². The van der Waals surface area contributed by atoms with Crippen LogP contribution < -0.4 is 10.6 Å². The van der Waals surface area contributed by atoms with Gasteiger partial charge in [0.05, 0.1) is 5.69 Å². The van der Waals surface area contributed by atoms with Crippen molar-refractivity contribution in [1.82, 2.24) is 4.98 Å². The van der Waals surface area contributed by atoms with Gasteiger partial charge >= 0.3 is 0 Å². The third-order valence-electron chi connectivity index (χ3n) is 2.65. The number of hydrogen-bond acceptors (Lipinski definition) is 4. The van der Waals surface area contributed by atoms with E-state index in [4.69, 9.17) is 17.3 Å². The maximum atomic E-state index is 13.8. The average molecular weight is 282 g/mol. The Morgan fingerprint density at radius 2 is 1.95 bits per heavy atom. The van der Waals surface area contributed by atoms with Gasteiger partial charge in [0.15, 0.2) is 5.82 Å². The topological polar surface area (TPSA) is 62.4 Å². The molecule has 0 bridgehead atoms. The summed E-state index contributed by atoms with van der Waals surface area (Å²) in [6.45, 7) is 0. The lowest BCUT2D eigenvalue weighted by molar-refractivity contribution is 0.455. The lowest BCUT2D eigenvalue weighted by atomic mass is 10.1. The minimum absolute atomic E-state index is 0.162. The smallest absolute Gasteiger partial charge is 0.221 e. The van der Waals surface area contributed by atoms with E-state index in [9.17, 15) is 9.50 Å². The summed E-state index contributed by atoms with van der Waals surface area (Å²) in [5.74, 6) is -0.374. The van der Waals surface area contributed by atoms with Crippen molar-refractivity contribution in [2.75, 3.05) is 24.7 Å². The van der Waals surface area contributed by atoms with Gasteiger partial charge in [0.2, 0.25) is 5.88 Å². The van der Waals surface area contributed by atoms with Crippen molar-refractivity contribution >= 4 is 23.1 Å². The normalized spacial score (nSPS) is 10.5. The molecular formula is C13H13ClFN3O. The third-order valence-corrected chi connectivity index (χ3v) is 2.89. The molecule has 0 amide bonds. The Morgan fingerprint density at radius 3 is 2.58 bits per heavy atom. The second-order valence-electron chi connectivity index (χ2n) is 4.29. The summed E-state index contributed by atoms with van der Waals surface area (Å²) in [5.41, 5.74) is 6.56. The van der Waals surface area contributed by atoms with Crippen LogP contribution >= 0.6 is 11.6 Å². The highest BCUT2D eigenvalue weighted by Gasteiger charge is 2.15. The molecule has 4 nitrogen and oxygen atoms in total. The number of hydrogen-bond donors (Lipinski definition) is 2. The highest BCUT2D eigenvalue weighted by molar-refractivity contribution is 6.30. The van der Waals surface area contributed by atoms with Gasteiger partial charge < -0.3 is 15.7 Å². The van der Waals surface area contributed by atoms with Crippen molar-refractivity contribution in [2.45, 2.75) is 0 Å². The molecule has 0 fully saturated rings. The predicted molar refractivity (Wildman–Crippen MR) is 75.0 cm³/mol. The van der Waals surface area contributed by atoms with E-state index in [-0.39, 0.29) is 17.0 Å². The van der Waals surface area contributed by atoms with Crippen molar-refractivity contribution in [2.24, 2.45) is 0 Å². The fraction of sp³-hybridized carbons (Fsp3) is 0.154. The molecule has 1 aromatic carbocycles. The summed E-state index contributed by atoms with van der Waals surface area (Å²) in [5, 5.41) is 10.3. The summed E-state index contributed by atoms with van der Waals surface area (Å²) in [6, 6.07) is 5.56. The summed E-state index contributed by atoms with van der Waals surface area (Å²) in [4.78, 5) is 5.63. The van der Waals surface area contributed by atoms with Gasteiger partial charge in [-0.2, -0.15) is 4.98 Å². The molecule has 100 valence electrons. The minimum Gasteiger partial charge on any atom is -0.493 e. The summed E-state index contributed by atoms with van der Waals surface area (Å²) in [7, 11) is 3.50. The molecule has 1 aromatic heterocycles. The van der Waals surface area contributed by atoms with Crippen molar-refractivity contribution in [3.63, 3.8) is 0 Å². The van der Waals surface area contributed by atoms with Crippen LogP contribution in [0.1, 0.15) is 0 Å². The van der Waals surface area contributed by atoms with Crippen LogP contribution in [0.25, 0.3) is 11.1 Å². The molecule has 2 rings (SSSR count). The SMILES string of the molecule is CN(C)c1nc(O)c(-c2cc(Cl)ccc2F)cc1N. The molecule has 1 heterocycles. The molecule has 0 radical (unpaired) electrons. The van der Waals surface area contributed by atoms with E-state index < -0.39 is 5.82 Å². The zero-order valence-corrected chi connectivity index (χ0v) is 11.2. The Bertz CT molecular complexity index is 632. The van der Waals surface area contributed by atoms with Crippen LogP contribution in [0.15, 0.2) is 24.3 Å². The first-order valence-corrected chi connectivity index (χ1v) is 5.90. The molecule has 19 heavy (non-hydrogen) atoms. The average Bonchev–Trinajstić information content (AvgIpc) is 2.34. The molecule has 0 aliphatic rings. The lowest BCUT2D eigenvalue weighted by Gasteiger charge is -2.16. The van der Waals surface area contributed by atoms with Crippen LogP contribution in [0, 0.1) is 5.82 Å². The second-order valence-corrected chi connectivity index (χ2v) is 4.73. The van der Waals surface area contributed by atoms with Gasteiger partial charge in [-0.1, -0.05) is 11.6 Å². The van der Waals surface area contributed by atoms with Gasteiger partial charge in [0.1, 0.15) is 5.82 Å². The number of nitrogens with two attached hydrogens (primary N) is 1. The standard InChI is InChI=1S/C13H13ClFN3O/c1-18(2)12-11(16)6-9(13(19)17-12)8-5-7(14)3-4-10(8)15/h3-6H,16H2,1-2H3,(H,17,19). The van der Waals surface area contributed by atoms with Crippen molar-refractivity contribution < 1.29 is 9.50 Å². The molecule has 0 aliphatic carbocycles. The summed E-state index contributed by atoms with van der Waals surface area (Å²) in [6.07, 6.45) is 0. The monoisotopic (exact) mass is 281 g/mol. The first-order chi connectivity index (χ1) is 8.90. The molecule has 0 aliphatic heterocycles. The largest absolute Gasteiger partial charge is 0.493 e. The molecule has 0 saturated heterocycles. The first-order valence-electron chi connectivity index (χ1n) is 5.52. The van der Waals surface area contributed by atoms with Crippen LogP contribution in [-0.4, -0.2) is 24.2 Å². The molecule has 6 heteroatoms. The highest BCUT2D eigenvalue weighted by Crippen LogP contribution is 2.35. The molecule has 2 aromatic rings. The Kier molecular flexibility index (Phi) is 3.48. The van der Waals surface area contributed by atoms with Gasteiger partial charge in [-0.3, -0.25) is 0 Å². The van der Waals surface area contributed by atoms with Crippen LogP contribution in [-0.2, 0) is 0 Å².